The molecule has 0 aliphatic rings. The molecule has 0 nitrogen and oxygen atoms in total. The highest BCUT2D eigenvalue weighted by Crippen LogP contribution is 2.28. The lowest BCUT2D eigenvalue weighted by Crippen LogP contribution is -2.20. The van der Waals surface area contributed by atoms with Gasteiger partial charge in [0.1, 0.15) is 0 Å². The number of hydrogen-bond acceptors (Lipinski definition) is 1. The molecule has 0 aromatic rings. The Morgan fingerprint density at radius 3 is 2.23 bits per heavy atom. The van der Waals surface area contributed by atoms with E-state index in [1.165, 1.54) is 31.4 Å². The van der Waals surface area contributed by atoms with Crippen LogP contribution in [0.2, 0.25) is 0 Å². The molecule has 1 atom stereocenters. The van der Waals surface area contributed by atoms with Crippen LogP contribution in [0.15, 0.2) is 0 Å². The zero-order chi connectivity index (χ0) is 10.3. The van der Waals surface area contributed by atoms with Gasteiger partial charge in [0.2, 0.25) is 0 Å². The van der Waals surface area contributed by atoms with Gasteiger partial charge in [-0.25, -0.2) is 0 Å². The fourth-order valence-electron chi connectivity index (χ4n) is 1.18. The summed E-state index contributed by atoms with van der Waals surface area (Å²) in [7, 11) is 0. The van der Waals surface area contributed by atoms with Gasteiger partial charge in [-0.15, -0.1) is 11.6 Å². The molecule has 0 fully saturated rings. The molecule has 0 bridgehead atoms. The van der Waals surface area contributed by atoms with Gasteiger partial charge in [0, 0.05) is 5.38 Å². The molecular formula is C11H23ClS. The minimum atomic E-state index is 0.265. The minimum Gasteiger partial charge on any atom is -0.165 e. The lowest BCUT2D eigenvalue weighted by atomic mass is 9.89. The van der Waals surface area contributed by atoms with E-state index in [0.717, 1.165) is 0 Å². The van der Waals surface area contributed by atoms with Crippen molar-refractivity contribution in [3.05, 3.63) is 0 Å². The summed E-state index contributed by atoms with van der Waals surface area (Å²) in [5.41, 5.74) is 0.265. The quantitative estimate of drug-likeness (QED) is 0.469. The molecule has 0 aromatic carbocycles. The van der Waals surface area contributed by atoms with E-state index in [-0.39, 0.29) is 5.41 Å². The largest absolute Gasteiger partial charge is 0.165 e. The third-order valence-electron chi connectivity index (χ3n) is 2.25. The first-order chi connectivity index (χ1) is 5.98. The Bertz CT molecular complexity index is 118. The van der Waals surface area contributed by atoms with Crippen LogP contribution in [0.4, 0.5) is 0 Å². The van der Waals surface area contributed by atoms with Gasteiger partial charge in [-0.2, -0.15) is 11.8 Å². The van der Waals surface area contributed by atoms with E-state index in [2.05, 4.69) is 27.0 Å². The summed E-state index contributed by atoms with van der Waals surface area (Å²) in [6.07, 6.45) is 7.29. The highest BCUT2D eigenvalue weighted by Gasteiger charge is 2.21. The Morgan fingerprint density at radius 2 is 1.77 bits per heavy atom. The fraction of sp³-hybridized carbons (Fsp3) is 1.00. The first-order valence-corrected chi connectivity index (χ1v) is 6.94. The maximum atomic E-state index is 6.26. The molecule has 80 valence electrons. The summed E-state index contributed by atoms with van der Waals surface area (Å²) in [4.78, 5) is 0. The van der Waals surface area contributed by atoms with E-state index in [4.69, 9.17) is 11.6 Å². The molecule has 2 heteroatoms. The monoisotopic (exact) mass is 222 g/mol. The smallest absolute Gasteiger partial charge is 0.0384 e. The maximum Gasteiger partial charge on any atom is 0.0384 e. The van der Waals surface area contributed by atoms with Gasteiger partial charge in [0.15, 0.2) is 0 Å². The van der Waals surface area contributed by atoms with E-state index < -0.39 is 0 Å². The average molecular weight is 223 g/mol. The molecule has 0 amide bonds. The average Bonchev–Trinajstić information content (AvgIpc) is 2.02. The first-order valence-electron chi connectivity index (χ1n) is 5.11. The Morgan fingerprint density at radius 1 is 1.15 bits per heavy atom. The standard InChI is InChI=1S/C11H23ClS/c1-11(2,3)10(12)8-6-5-7-9-13-4/h10H,5-9H2,1-4H3. The van der Waals surface area contributed by atoms with Crippen LogP contribution >= 0.6 is 23.4 Å². The molecule has 0 aromatic heterocycles. The van der Waals surface area contributed by atoms with E-state index >= 15 is 0 Å². The van der Waals surface area contributed by atoms with Crippen molar-refractivity contribution in [2.75, 3.05) is 12.0 Å². The van der Waals surface area contributed by atoms with Gasteiger partial charge >= 0.3 is 0 Å². The van der Waals surface area contributed by atoms with Crippen LogP contribution in [0.3, 0.4) is 0 Å². The maximum absolute atomic E-state index is 6.26. The van der Waals surface area contributed by atoms with E-state index in [1.54, 1.807) is 0 Å². The van der Waals surface area contributed by atoms with Crippen molar-refractivity contribution < 1.29 is 0 Å². The molecule has 0 aliphatic carbocycles. The van der Waals surface area contributed by atoms with Crippen molar-refractivity contribution in [3.8, 4) is 0 Å². The Hall–Kier alpha value is 0.640. The molecule has 0 spiro atoms. The second-order valence-electron chi connectivity index (χ2n) is 4.68. The number of rotatable bonds is 6. The molecule has 0 N–H and O–H groups in total. The van der Waals surface area contributed by atoms with Crippen molar-refractivity contribution in [1.82, 2.24) is 0 Å². The predicted molar refractivity (Wildman–Crippen MR) is 65.9 cm³/mol. The van der Waals surface area contributed by atoms with Gasteiger partial charge in [0.25, 0.3) is 0 Å². The second kappa shape index (κ2) is 7.00. The van der Waals surface area contributed by atoms with Crippen molar-refractivity contribution in [2.24, 2.45) is 5.41 Å². The van der Waals surface area contributed by atoms with Crippen LogP contribution in [-0.4, -0.2) is 17.4 Å². The number of thioether (sulfide) groups is 1. The molecule has 0 heterocycles. The molecule has 0 radical (unpaired) electrons. The SMILES string of the molecule is CSCCCCCC(Cl)C(C)(C)C. The second-order valence-corrected chi connectivity index (χ2v) is 6.19. The molecule has 0 aliphatic heterocycles. The predicted octanol–water partition coefficient (Wildman–Crippen LogP) is 4.56. The zero-order valence-corrected chi connectivity index (χ0v) is 11.0. The highest BCUT2D eigenvalue weighted by molar-refractivity contribution is 7.98. The van der Waals surface area contributed by atoms with Gasteiger partial charge in [0.05, 0.1) is 0 Å². The molecule has 13 heavy (non-hydrogen) atoms. The lowest BCUT2D eigenvalue weighted by molar-refractivity contribution is 0.366. The lowest BCUT2D eigenvalue weighted by Gasteiger charge is -2.24. The summed E-state index contributed by atoms with van der Waals surface area (Å²) < 4.78 is 0. The minimum absolute atomic E-state index is 0.265. The number of alkyl halides is 1. The van der Waals surface area contributed by atoms with Gasteiger partial charge in [-0.1, -0.05) is 33.6 Å². The van der Waals surface area contributed by atoms with Crippen LogP contribution in [-0.2, 0) is 0 Å². The number of hydrogen-bond donors (Lipinski definition) is 0. The van der Waals surface area contributed by atoms with Crippen molar-refractivity contribution >= 4 is 23.4 Å². The first kappa shape index (κ1) is 13.6. The summed E-state index contributed by atoms with van der Waals surface area (Å²) in [6, 6.07) is 0. The summed E-state index contributed by atoms with van der Waals surface area (Å²) in [6.45, 7) is 6.64. The van der Waals surface area contributed by atoms with Crippen molar-refractivity contribution in [2.45, 2.75) is 51.8 Å². The Kier molecular flexibility index (Phi) is 7.35. The third-order valence-corrected chi connectivity index (χ3v) is 3.82. The van der Waals surface area contributed by atoms with Gasteiger partial charge < -0.3 is 0 Å². The Balaban J connectivity index is 3.32. The van der Waals surface area contributed by atoms with Crippen LogP contribution < -0.4 is 0 Å². The molecule has 0 saturated carbocycles. The van der Waals surface area contributed by atoms with Crippen molar-refractivity contribution in [3.63, 3.8) is 0 Å². The Labute approximate surface area is 92.8 Å². The summed E-state index contributed by atoms with van der Waals surface area (Å²) >= 11 is 8.20. The summed E-state index contributed by atoms with van der Waals surface area (Å²) in [5, 5.41) is 0.335. The van der Waals surface area contributed by atoms with E-state index in [1.807, 2.05) is 11.8 Å². The molecule has 0 saturated heterocycles. The molecule has 1 unspecified atom stereocenters. The normalized spacial score (nSPS) is 14.5. The van der Waals surface area contributed by atoms with E-state index in [9.17, 15) is 0 Å². The van der Waals surface area contributed by atoms with Gasteiger partial charge in [-0.3, -0.25) is 0 Å². The number of unbranched alkanes of at least 4 members (excludes halogenated alkanes) is 2. The van der Waals surface area contributed by atoms with Crippen LogP contribution in [0.5, 0.6) is 0 Å². The molecular weight excluding hydrogens is 200 g/mol. The zero-order valence-electron chi connectivity index (χ0n) is 9.40. The van der Waals surface area contributed by atoms with Crippen LogP contribution in [0.25, 0.3) is 0 Å². The topological polar surface area (TPSA) is 0 Å². The third kappa shape index (κ3) is 7.69. The van der Waals surface area contributed by atoms with Crippen molar-refractivity contribution in [1.29, 1.82) is 0 Å². The van der Waals surface area contributed by atoms with Gasteiger partial charge in [-0.05, 0) is 30.3 Å². The fourth-order valence-corrected chi connectivity index (χ4v) is 1.83. The molecule has 0 rings (SSSR count). The highest BCUT2D eigenvalue weighted by atomic mass is 35.5. The number of halogens is 1. The van der Waals surface area contributed by atoms with Crippen LogP contribution in [0.1, 0.15) is 46.5 Å². The van der Waals surface area contributed by atoms with Crippen LogP contribution in [0, 0.1) is 5.41 Å². The van der Waals surface area contributed by atoms with E-state index in [0.29, 0.717) is 5.38 Å². The summed E-state index contributed by atoms with van der Waals surface area (Å²) in [5.74, 6) is 1.29.